The Bertz CT molecular complexity index is 1150. The van der Waals surface area contributed by atoms with E-state index >= 15 is 0 Å². The SMILES string of the molecule is CCCCCCCN1CC2N(C(=O)CN(CC#N)N2C(=O)NCc2ccccc2)[C@@H](Cc2ccccc2)C1=O. The molecule has 0 aromatic heterocycles. The van der Waals surface area contributed by atoms with Gasteiger partial charge in [0.15, 0.2) is 0 Å². The number of nitriles is 1. The summed E-state index contributed by atoms with van der Waals surface area (Å²) in [6.45, 7) is 3.02. The van der Waals surface area contributed by atoms with Gasteiger partial charge in [0.05, 0.1) is 19.2 Å². The Hall–Kier alpha value is -3.90. The summed E-state index contributed by atoms with van der Waals surface area (Å²) in [7, 11) is 0. The highest BCUT2D eigenvalue weighted by Gasteiger charge is 2.51. The van der Waals surface area contributed by atoms with E-state index in [0.717, 1.165) is 43.2 Å². The lowest BCUT2D eigenvalue weighted by Crippen LogP contribution is -2.76. The van der Waals surface area contributed by atoms with Gasteiger partial charge in [0.1, 0.15) is 18.8 Å². The van der Waals surface area contributed by atoms with Crippen LogP contribution in [0.3, 0.4) is 0 Å². The third kappa shape index (κ3) is 6.95. The normalized spacial score (nSPS) is 19.5. The Morgan fingerprint density at radius 3 is 2.31 bits per heavy atom. The van der Waals surface area contributed by atoms with Crippen molar-refractivity contribution in [2.75, 3.05) is 26.2 Å². The van der Waals surface area contributed by atoms with Crippen LogP contribution in [-0.2, 0) is 22.6 Å². The summed E-state index contributed by atoms with van der Waals surface area (Å²) in [5, 5.41) is 15.4. The predicted molar refractivity (Wildman–Crippen MR) is 148 cm³/mol. The Morgan fingerprint density at radius 1 is 0.974 bits per heavy atom. The van der Waals surface area contributed by atoms with Crippen LogP contribution in [0, 0.1) is 11.3 Å². The summed E-state index contributed by atoms with van der Waals surface area (Å²) in [5.74, 6) is -0.337. The number of piperazine rings is 1. The molecule has 2 atom stereocenters. The molecule has 4 rings (SSSR count). The van der Waals surface area contributed by atoms with Crippen molar-refractivity contribution in [1.82, 2.24) is 25.1 Å². The minimum absolute atomic E-state index is 0.0858. The van der Waals surface area contributed by atoms with E-state index in [-0.39, 0.29) is 31.4 Å². The fourth-order valence-electron chi connectivity index (χ4n) is 5.41. The Labute approximate surface area is 230 Å². The molecule has 9 nitrogen and oxygen atoms in total. The maximum atomic E-state index is 13.8. The quantitative estimate of drug-likeness (QED) is 0.354. The highest BCUT2D eigenvalue weighted by molar-refractivity contribution is 5.91. The van der Waals surface area contributed by atoms with Crippen LogP contribution >= 0.6 is 0 Å². The number of fused-ring (bicyclic) bond motifs is 1. The van der Waals surface area contributed by atoms with Crippen LogP contribution in [-0.4, -0.2) is 76.0 Å². The third-order valence-electron chi connectivity index (χ3n) is 7.38. The predicted octanol–water partition coefficient (Wildman–Crippen LogP) is 3.53. The van der Waals surface area contributed by atoms with Gasteiger partial charge in [-0.2, -0.15) is 10.3 Å². The summed E-state index contributed by atoms with van der Waals surface area (Å²) in [5.41, 5.74) is 1.89. The number of unbranched alkanes of at least 4 members (excludes halogenated alkanes) is 4. The van der Waals surface area contributed by atoms with Crippen LogP contribution in [0.15, 0.2) is 60.7 Å². The molecule has 0 aliphatic carbocycles. The molecule has 2 aliphatic heterocycles. The van der Waals surface area contributed by atoms with Gasteiger partial charge in [-0.3, -0.25) is 9.59 Å². The topological polar surface area (TPSA) is 100.0 Å². The molecule has 9 heteroatoms. The third-order valence-corrected chi connectivity index (χ3v) is 7.38. The molecule has 2 aromatic carbocycles. The van der Waals surface area contributed by atoms with Crippen molar-refractivity contribution < 1.29 is 14.4 Å². The largest absolute Gasteiger partial charge is 0.337 e. The number of nitrogens with one attached hydrogen (secondary N) is 1. The number of carbonyl (C=O) groups is 3. The molecule has 206 valence electrons. The molecule has 2 saturated heterocycles. The Kier molecular flexibility index (Phi) is 9.92. The van der Waals surface area contributed by atoms with Gasteiger partial charge in [0.2, 0.25) is 11.8 Å². The molecule has 0 bridgehead atoms. The van der Waals surface area contributed by atoms with E-state index < -0.39 is 18.2 Å². The maximum absolute atomic E-state index is 13.8. The van der Waals surface area contributed by atoms with Crippen molar-refractivity contribution in [3.05, 3.63) is 71.8 Å². The van der Waals surface area contributed by atoms with Crippen LogP contribution in [0.25, 0.3) is 0 Å². The standard InChI is InChI=1S/C30H38N6O3/c1-2-3-4-5-12-18-33-22-27-35(26(29(33)38)20-24-13-8-6-9-14-24)28(37)23-34(19-17-31)36(27)30(39)32-21-25-15-10-7-11-16-25/h6-11,13-16,26-27H,2-5,12,18-23H2,1H3,(H,32,39)/t26-,27?/m0/s1. The number of benzene rings is 2. The second-order valence-electron chi connectivity index (χ2n) is 10.2. The Balaban J connectivity index is 1.61. The van der Waals surface area contributed by atoms with Crippen LogP contribution in [0.2, 0.25) is 0 Å². The first kappa shape index (κ1) is 28.1. The van der Waals surface area contributed by atoms with Crippen molar-refractivity contribution >= 4 is 17.8 Å². The smallest absolute Gasteiger partial charge is 0.334 e. The first-order valence-electron chi connectivity index (χ1n) is 13.9. The van der Waals surface area contributed by atoms with E-state index in [4.69, 9.17) is 0 Å². The molecular weight excluding hydrogens is 492 g/mol. The number of hydrazine groups is 1. The number of rotatable bonds is 11. The number of hydrogen-bond donors (Lipinski definition) is 1. The molecule has 2 aliphatic rings. The number of urea groups is 1. The molecule has 1 N–H and O–H groups in total. The number of amides is 4. The van der Waals surface area contributed by atoms with Gasteiger partial charge in [-0.1, -0.05) is 93.3 Å². The van der Waals surface area contributed by atoms with E-state index in [9.17, 15) is 19.6 Å². The van der Waals surface area contributed by atoms with Crippen molar-refractivity contribution in [1.29, 1.82) is 5.26 Å². The lowest BCUT2D eigenvalue weighted by molar-refractivity contribution is -0.188. The van der Waals surface area contributed by atoms with Crippen LogP contribution < -0.4 is 5.32 Å². The molecule has 1 unspecified atom stereocenters. The van der Waals surface area contributed by atoms with Gasteiger partial charge < -0.3 is 15.1 Å². The lowest BCUT2D eigenvalue weighted by Gasteiger charge is -2.54. The molecule has 2 aromatic rings. The minimum atomic E-state index is -0.719. The van der Waals surface area contributed by atoms with E-state index in [1.165, 1.54) is 10.0 Å². The van der Waals surface area contributed by atoms with Gasteiger partial charge in [0, 0.05) is 19.5 Å². The molecule has 2 fully saturated rings. The first-order chi connectivity index (χ1) is 19.0. The van der Waals surface area contributed by atoms with Gasteiger partial charge in [-0.05, 0) is 17.5 Å². The molecule has 0 radical (unpaired) electrons. The molecule has 0 saturated carbocycles. The van der Waals surface area contributed by atoms with Gasteiger partial charge in [-0.15, -0.1) is 0 Å². The number of carbonyl (C=O) groups excluding carboxylic acids is 3. The second-order valence-corrected chi connectivity index (χ2v) is 10.2. The first-order valence-corrected chi connectivity index (χ1v) is 13.9. The zero-order valence-corrected chi connectivity index (χ0v) is 22.7. The monoisotopic (exact) mass is 530 g/mol. The van der Waals surface area contributed by atoms with Crippen molar-refractivity contribution in [2.24, 2.45) is 0 Å². The van der Waals surface area contributed by atoms with Crippen molar-refractivity contribution in [3.63, 3.8) is 0 Å². The summed E-state index contributed by atoms with van der Waals surface area (Å²) in [6, 6.07) is 20.2. The average Bonchev–Trinajstić information content (AvgIpc) is 2.95. The van der Waals surface area contributed by atoms with Gasteiger partial charge in [0.25, 0.3) is 0 Å². The van der Waals surface area contributed by atoms with Crippen molar-refractivity contribution in [2.45, 2.75) is 64.2 Å². The average molecular weight is 531 g/mol. The highest BCUT2D eigenvalue weighted by Crippen LogP contribution is 2.28. The van der Waals surface area contributed by atoms with Crippen molar-refractivity contribution in [3.8, 4) is 6.07 Å². The number of hydrogen-bond acceptors (Lipinski definition) is 5. The molecule has 39 heavy (non-hydrogen) atoms. The van der Waals surface area contributed by atoms with Gasteiger partial charge in [-0.25, -0.2) is 9.80 Å². The summed E-state index contributed by atoms with van der Waals surface area (Å²) < 4.78 is 0. The van der Waals surface area contributed by atoms with E-state index in [0.29, 0.717) is 19.5 Å². The molecule has 4 amide bonds. The van der Waals surface area contributed by atoms with Crippen LogP contribution in [0.5, 0.6) is 0 Å². The highest BCUT2D eigenvalue weighted by atomic mass is 16.2. The number of nitrogens with zero attached hydrogens (tertiary/aromatic N) is 5. The zero-order valence-electron chi connectivity index (χ0n) is 22.7. The summed E-state index contributed by atoms with van der Waals surface area (Å²) in [4.78, 5) is 44.3. The molecule has 0 spiro atoms. The van der Waals surface area contributed by atoms with Gasteiger partial charge >= 0.3 is 6.03 Å². The second kappa shape index (κ2) is 13.8. The lowest BCUT2D eigenvalue weighted by atomic mass is 9.98. The maximum Gasteiger partial charge on any atom is 0.334 e. The zero-order chi connectivity index (χ0) is 27.6. The summed E-state index contributed by atoms with van der Waals surface area (Å²) >= 11 is 0. The summed E-state index contributed by atoms with van der Waals surface area (Å²) in [6.07, 6.45) is 4.98. The molecular formula is C30H38N6O3. The van der Waals surface area contributed by atoms with E-state index in [1.807, 2.05) is 60.7 Å². The van der Waals surface area contributed by atoms with E-state index in [1.54, 1.807) is 9.80 Å². The van der Waals surface area contributed by atoms with Crippen LogP contribution in [0.4, 0.5) is 4.79 Å². The fraction of sp³-hybridized carbons (Fsp3) is 0.467. The van der Waals surface area contributed by atoms with E-state index in [2.05, 4.69) is 18.3 Å². The molecule has 2 heterocycles. The minimum Gasteiger partial charge on any atom is -0.337 e. The Morgan fingerprint density at radius 2 is 1.64 bits per heavy atom. The van der Waals surface area contributed by atoms with Crippen LogP contribution in [0.1, 0.15) is 50.2 Å². The fourth-order valence-corrected chi connectivity index (χ4v) is 5.41.